The van der Waals surface area contributed by atoms with E-state index in [1.165, 1.54) is 43.1 Å². The van der Waals surface area contributed by atoms with Gasteiger partial charge >= 0.3 is 6.09 Å². The van der Waals surface area contributed by atoms with Crippen LogP contribution in [-0.4, -0.2) is 60.0 Å². The Bertz CT molecular complexity index is 1210. The highest BCUT2D eigenvalue weighted by Gasteiger charge is 2.35. The fourth-order valence-electron chi connectivity index (χ4n) is 3.51. The van der Waals surface area contributed by atoms with Gasteiger partial charge in [0.25, 0.3) is 5.91 Å². The van der Waals surface area contributed by atoms with Gasteiger partial charge in [-0.25, -0.2) is 4.79 Å². The normalized spacial score (nSPS) is 15.9. The van der Waals surface area contributed by atoms with Crippen molar-refractivity contribution >= 4 is 35.2 Å². The van der Waals surface area contributed by atoms with Crippen LogP contribution >= 0.6 is 0 Å². The molecule has 3 rings (SSSR count). The number of amides is 4. The van der Waals surface area contributed by atoms with Crippen LogP contribution in [0.3, 0.4) is 0 Å². The maximum atomic E-state index is 13.4. The molecule has 2 atom stereocenters. The minimum absolute atomic E-state index is 0.143. The number of ether oxygens (including phenoxy) is 1. The molecule has 2 N–H and O–H groups in total. The first kappa shape index (κ1) is 26.2. The van der Waals surface area contributed by atoms with Gasteiger partial charge in [0.1, 0.15) is 17.7 Å². The van der Waals surface area contributed by atoms with E-state index in [0.29, 0.717) is 22.5 Å². The van der Waals surface area contributed by atoms with E-state index < -0.39 is 41.5 Å². The molecule has 1 heterocycles. The van der Waals surface area contributed by atoms with Gasteiger partial charge in [0.2, 0.25) is 11.8 Å². The lowest BCUT2D eigenvalue weighted by atomic mass is 10.1. The largest absolute Gasteiger partial charge is 0.444 e. The van der Waals surface area contributed by atoms with Crippen LogP contribution in [0.15, 0.2) is 48.5 Å². The predicted octanol–water partition coefficient (Wildman–Crippen LogP) is 2.90. The van der Waals surface area contributed by atoms with E-state index in [9.17, 15) is 19.2 Å². The Labute approximate surface area is 209 Å². The summed E-state index contributed by atoms with van der Waals surface area (Å²) in [6.07, 6.45) is -0.680. The second kappa shape index (κ2) is 10.5. The summed E-state index contributed by atoms with van der Waals surface area (Å²) in [4.78, 5) is 54.4. The SMILES string of the molecule is C[C@@H](C(=O)N[C@H]1CN(C(=O)c2ccc(C#N)cc2)c2ccccc2NC1=O)N(C)C(=O)OC(C)(C)C. The van der Waals surface area contributed by atoms with Crippen molar-refractivity contribution in [2.45, 2.75) is 45.4 Å². The molecule has 10 nitrogen and oxygen atoms in total. The van der Waals surface area contributed by atoms with Gasteiger partial charge in [0.15, 0.2) is 0 Å². The van der Waals surface area contributed by atoms with Crippen LogP contribution in [0.2, 0.25) is 0 Å². The molecule has 1 aliphatic heterocycles. The lowest BCUT2D eigenvalue weighted by Gasteiger charge is -2.29. The van der Waals surface area contributed by atoms with Crippen molar-refractivity contribution in [3.8, 4) is 6.07 Å². The lowest BCUT2D eigenvalue weighted by Crippen LogP contribution is -2.55. The number of rotatable bonds is 4. The smallest absolute Gasteiger partial charge is 0.410 e. The highest BCUT2D eigenvalue weighted by molar-refractivity contribution is 6.12. The molecule has 0 unspecified atom stereocenters. The zero-order valence-corrected chi connectivity index (χ0v) is 20.9. The van der Waals surface area contributed by atoms with Crippen molar-refractivity contribution < 1.29 is 23.9 Å². The Kier molecular flexibility index (Phi) is 7.63. The zero-order chi connectivity index (χ0) is 26.6. The molecule has 0 radical (unpaired) electrons. The summed E-state index contributed by atoms with van der Waals surface area (Å²) in [5.74, 6) is -1.49. The third kappa shape index (κ3) is 5.99. The van der Waals surface area contributed by atoms with Crippen LogP contribution in [-0.2, 0) is 14.3 Å². The summed E-state index contributed by atoms with van der Waals surface area (Å²) in [6, 6.07) is 12.9. The molecular weight excluding hydrogens is 462 g/mol. The molecule has 0 aliphatic carbocycles. The predicted molar refractivity (Wildman–Crippen MR) is 133 cm³/mol. The number of fused-ring (bicyclic) bond motifs is 1. The highest BCUT2D eigenvalue weighted by Crippen LogP contribution is 2.30. The van der Waals surface area contributed by atoms with Crippen molar-refractivity contribution in [2.75, 3.05) is 23.8 Å². The summed E-state index contributed by atoms with van der Waals surface area (Å²) < 4.78 is 5.31. The molecule has 10 heteroatoms. The molecule has 4 amide bonds. The van der Waals surface area contributed by atoms with Gasteiger partial charge in [-0.15, -0.1) is 0 Å². The van der Waals surface area contributed by atoms with Crippen molar-refractivity contribution in [3.63, 3.8) is 0 Å². The second-order valence-electron chi connectivity index (χ2n) is 9.44. The first-order valence-electron chi connectivity index (χ1n) is 11.4. The molecule has 36 heavy (non-hydrogen) atoms. The fraction of sp³-hybridized carbons (Fsp3) is 0.346. The third-order valence-electron chi connectivity index (χ3n) is 5.60. The van der Waals surface area contributed by atoms with Gasteiger partial charge < -0.3 is 20.3 Å². The minimum atomic E-state index is -1.10. The van der Waals surface area contributed by atoms with Crippen molar-refractivity contribution in [1.29, 1.82) is 5.26 Å². The molecule has 0 saturated heterocycles. The monoisotopic (exact) mass is 491 g/mol. The quantitative estimate of drug-likeness (QED) is 0.676. The maximum Gasteiger partial charge on any atom is 0.410 e. The van der Waals surface area contributed by atoms with Crippen molar-refractivity contribution in [2.24, 2.45) is 0 Å². The van der Waals surface area contributed by atoms with E-state index in [4.69, 9.17) is 10.00 Å². The van der Waals surface area contributed by atoms with E-state index in [2.05, 4.69) is 10.6 Å². The van der Waals surface area contributed by atoms with Crippen LogP contribution in [0.25, 0.3) is 0 Å². The number of carbonyl (C=O) groups is 4. The molecule has 0 spiro atoms. The van der Waals surface area contributed by atoms with Gasteiger partial charge in [-0.1, -0.05) is 12.1 Å². The summed E-state index contributed by atoms with van der Waals surface area (Å²) in [6.45, 7) is 6.53. The Hall–Kier alpha value is -4.39. The van der Waals surface area contributed by atoms with Gasteiger partial charge in [0.05, 0.1) is 29.6 Å². The molecule has 1 aliphatic rings. The number of nitrogens with zero attached hydrogens (tertiary/aromatic N) is 3. The van der Waals surface area contributed by atoms with Crippen LogP contribution in [0.1, 0.15) is 43.6 Å². The Morgan fingerprint density at radius 3 is 2.42 bits per heavy atom. The third-order valence-corrected chi connectivity index (χ3v) is 5.60. The molecule has 2 aromatic carbocycles. The molecule has 0 bridgehead atoms. The fourth-order valence-corrected chi connectivity index (χ4v) is 3.51. The average Bonchev–Trinajstić information content (AvgIpc) is 2.97. The number of likely N-dealkylation sites (N-methyl/N-ethyl adjacent to an activating group) is 1. The maximum absolute atomic E-state index is 13.4. The van der Waals surface area contributed by atoms with Crippen molar-refractivity contribution in [3.05, 3.63) is 59.7 Å². The topological polar surface area (TPSA) is 132 Å². The number of hydrogen-bond donors (Lipinski definition) is 2. The summed E-state index contributed by atoms with van der Waals surface area (Å²) >= 11 is 0. The van der Waals surface area contributed by atoms with E-state index in [0.717, 1.165) is 4.90 Å². The molecule has 188 valence electrons. The Morgan fingerprint density at radius 1 is 1.17 bits per heavy atom. The van der Waals surface area contributed by atoms with E-state index in [1.807, 2.05) is 6.07 Å². The number of nitriles is 1. The van der Waals surface area contributed by atoms with Gasteiger partial charge in [0, 0.05) is 12.6 Å². The van der Waals surface area contributed by atoms with Crippen LogP contribution in [0, 0.1) is 11.3 Å². The van der Waals surface area contributed by atoms with Gasteiger partial charge in [-0.05, 0) is 64.1 Å². The van der Waals surface area contributed by atoms with E-state index in [1.54, 1.807) is 45.0 Å². The number of para-hydroxylation sites is 2. The van der Waals surface area contributed by atoms with Gasteiger partial charge in [-0.2, -0.15) is 5.26 Å². The number of carbonyl (C=O) groups excluding carboxylic acids is 4. The van der Waals surface area contributed by atoms with E-state index >= 15 is 0 Å². The van der Waals surface area contributed by atoms with Gasteiger partial charge in [-0.3, -0.25) is 19.3 Å². The zero-order valence-electron chi connectivity index (χ0n) is 20.9. The first-order chi connectivity index (χ1) is 16.9. The molecule has 0 aromatic heterocycles. The number of benzene rings is 2. The highest BCUT2D eigenvalue weighted by atomic mass is 16.6. The standard InChI is InChI=1S/C26H29N5O5/c1-16(30(5)25(35)36-26(2,3)4)22(32)29-20-15-31(21-9-7-6-8-19(21)28-23(20)33)24(34)18-12-10-17(14-27)11-13-18/h6-13,16,20H,15H2,1-5H3,(H,28,33)(H,29,32)/t16-,20-/m0/s1. The number of hydrogen-bond acceptors (Lipinski definition) is 6. The Balaban J connectivity index is 1.84. The lowest BCUT2D eigenvalue weighted by molar-refractivity contribution is -0.129. The molecule has 0 fully saturated rings. The van der Waals surface area contributed by atoms with Crippen LogP contribution < -0.4 is 15.5 Å². The first-order valence-corrected chi connectivity index (χ1v) is 11.4. The minimum Gasteiger partial charge on any atom is -0.444 e. The second-order valence-corrected chi connectivity index (χ2v) is 9.44. The number of anilines is 2. The Morgan fingerprint density at radius 2 is 1.81 bits per heavy atom. The summed E-state index contributed by atoms with van der Waals surface area (Å²) in [7, 11) is 1.43. The van der Waals surface area contributed by atoms with Crippen LogP contribution in [0.5, 0.6) is 0 Å². The van der Waals surface area contributed by atoms with E-state index in [-0.39, 0.29) is 6.54 Å². The molecule has 0 saturated carbocycles. The molecular formula is C26H29N5O5. The summed E-state index contributed by atoms with van der Waals surface area (Å²) in [5, 5.41) is 14.5. The van der Waals surface area contributed by atoms with Crippen LogP contribution in [0.4, 0.5) is 16.2 Å². The van der Waals surface area contributed by atoms with Crippen molar-refractivity contribution in [1.82, 2.24) is 10.2 Å². The average molecular weight is 492 g/mol. The number of nitrogens with one attached hydrogen (secondary N) is 2. The summed E-state index contributed by atoms with van der Waals surface area (Å²) in [5.41, 5.74) is 0.881. The molecule has 2 aromatic rings.